The number of ketones is 2. The van der Waals surface area contributed by atoms with Crippen LogP contribution in [0.5, 0.6) is 11.5 Å². The number of phenols is 2. The molecule has 0 heterocycles. The molecule has 2 rings (SSSR count). The molecule has 0 amide bonds. The van der Waals surface area contributed by atoms with Gasteiger partial charge in [-0.1, -0.05) is 67.5 Å². The minimum atomic E-state index is -3.06. The van der Waals surface area contributed by atoms with Crippen LogP contribution < -0.4 is 0 Å². The molecular formula is C36H51O7P. The van der Waals surface area contributed by atoms with Crippen LogP contribution >= 0.6 is 8.25 Å². The Morgan fingerprint density at radius 3 is 1.16 bits per heavy atom. The minimum absolute atomic E-state index is 0.163. The summed E-state index contributed by atoms with van der Waals surface area (Å²) in [4.78, 5) is 24.8. The van der Waals surface area contributed by atoms with E-state index >= 15 is 0 Å². The zero-order chi connectivity index (χ0) is 33.0. The highest BCUT2D eigenvalue weighted by atomic mass is 31.1. The summed E-state index contributed by atoms with van der Waals surface area (Å²) in [5, 5.41) is 21.6. The van der Waals surface area contributed by atoms with E-state index in [1.54, 1.807) is 12.2 Å². The van der Waals surface area contributed by atoms with Gasteiger partial charge < -0.3 is 19.3 Å². The fourth-order valence-electron chi connectivity index (χ4n) is 4.76. The summed E-state index contributed by atoms with van der Waals surface area (Å²) < 4.78 is 22.4. The molecule has 4 atom stereocenters. The molecule has 0 saturated heterocycles. The third kappa shape index (κ3) is 10.6. The number of phenolic OH excluding ortho intramolecular Hbond substituents is 2. The van der Waals surface area contributed by atoms with E-state index in [1.807, 2.05) is 24.3 Å². The van der Waals surface area contributed by atoms with Crippen LogP contribution in [0.4, 0.5) is 0 Å². The van der Waals surface area contributed by atoms with E-state index in [0.29, 0.717) is 11.5 Å². The van der Waals surface area contributed by atoms with Crippen molar-refractivity contribution in [1.82, 2.24) is 0 Å². The molecule has 44 heavy (non-hydrogen) atoms. The van der Waals surface area contributed by atoms with E-state index < -0.39 is 33.0 Å². The molecule has 0 spiro atoms. The fourth-order valence-corrected chi connectivity index (χ4v) is 5.36. The van der Waals surface area contributed by atoms with Crippen LogP contribution in [0, 0.1) is 0 Å². The summed E-state index contributed by atoms with van der Waals surface area (Å²) in [6.45, 7) is 15.6. The molecule has 0 aliphatic heterocycles. The number of rotatable bonds is 18. The highest BCUT2D eigenvalue weighted by molar-refractivity contribution is 7.33. The van der Waals surface area contributed by atoms with E-state index in [1.165, 1.54) is 12.2 Å². The maximum atomic E-state index is 12.4. The van der Waals surface area contributed by atoms with Gasteiger partial charge in [-0.25, -0.2) is 0 Å². The number of aromatic hydroxyl groups is 2. The Morgan fingerprint density at radius 1 is 0.636 bits per heavy atom. The van der Waals surface area contributed by atoms with Crippen LogP contribution in [-0.2, 0) is 23.2 Å². The number of carbonyl (C=O) groups is 2. The lowest BCUT2D eigenvalue weighted by Gasteiger charge is -2.19. The number of benzene rings is 2. The first kappa shape index (κ1) is 37.2. The molecule has 0 aliphatic carbocycles. The summed E-state index contributed by atoms with van der Waals surface area (Å²) in [6.07, 6.45) is 9.52. The van der Waals surface area contributed by atoms with Crippen LogP contribution in [0.25, 0.3) is 12.2 Å². The van der Waals surface area contributed by atoms with Gasteiger partial charge in [0, 0.05) is 0 Å². The molecule has 2 N–H and O–H groups in total. The lowest BCUT2D eigenvalue weighted by atomic mass is 9.88. The smallest absolute Gasteiger partial charge is 0.320 e. The van der Waals surface area contributed by atoms with Crippen molar-refractivity contribution in [3.05, 3.63) is 69.8 Å². The topological polar surface area (TPSA) is 110 Å². The molecule has 4 unspecified atom stereocenters. The predicted molar refractivity (Wildman–Crippen MR) is 180 cm³/mol. The van der Waals surface area contributed by atoms with Gasteiger partial charge in [0.2, 0.25) is 0 Å². The Labute approximate surface area is 264 Å². The largest absolute Gasteiger partial charge is 0.507 e. The normalized spacial score (nSPS) is 15.4. The summed E-state index contributed by atoms with van der Waals surface area (Å²) in [7, 11) is -3.06. The second kappa shape index (κ2) is 18.1. The van der Waals surface area contributed by atoms with E-state index in [2.05, 4.69) is 55.4 Å². The molecule has 0 aliphatic rings. The quantitative estimate of drug-likeness (QED) is 0.125. The molecule has 0 radical (unpaired) electrons. The fraction of sp³-hybridized carbons (Fsp3) is 0.500. The van der Waals surface area contributed by atoms with Gasteiger partial charge in [-0.05, 0) is 119 Å². The molecular weight excluding hydrogens is 575 g/mol. The molecule has 2 aromatic carbocycles. The maximum absolute atomic E-state index is 12.4. The van der Waals surface area contributed by atoms with Crippen molar-refractivity contribution in [3.63, 3.8) is 0 Å². The van der Waals surface area contributed by atoms with Crippen LogP contribution in [-0.4, -0.2) is 35.0 Å². The van der Waals surface area contributed by atoms with Crippen LogP contribution in [0.15, 0.2) is 36.4 Å². The van der Waals surface area contributed by atoms with Crippen molar-refractivity contribution >= 4 is 32.0 Å². The average molecular weight is 627 g/mol. The highest BCUT2D eigenvalue weighted by Crippen LogP contribution is 2.39. The van der Waals surface area contributed by atoms with Crippen molar-refractivity contribution in [2.75, 3.05) is 13.2 Å². The molecule has 0 saturated carbocycles. The van der Waals surface area contributed by atoms with E-state index in [-0.39, 0.29) is 23.7 Å². The molecule has 242 valence electrons. The Bertz CT molecular complexity index is 1200. The van der Waals surface area contributed by atoms with Crippen LogP contribution in [0.1, 0.15) is 138 Å². The zero-order valence-corrected chi connectivity index (χ0v) is 28.6. The first-order valence-electron chi connectivity index (χ1n) is 15.8. The summed E-state index contributed by atoms with van der Waals surface area (Å²) in [6, 6.07) is 7.55. The van der Waals surface area contributed by atoms with Crippen molar-refractivity contribution in [2.24, 2.45) is 0 Å². The summed E-state index contributed by atoms with van der Waals surface area (Å²) in [5.74, 6) is 0.482. The second-order valence-corrected chi connectivity index (χ2v) is 12.8. The Morgan fingerprint density at radius 2 is 0.909 bits per heavy atom. The van der Waals surface area contributed by atoms with Gasteiger partial charge in [0.25, 0.3) is 0 Å². The maximum Gasteiger partial charge on any atom is 0.320 e. The Kier molecular flexibility index (Phi) is 15.3. The average Bonchev–Trinajstić information content (AvgIpc) is 3.03. The third-order valence-electron chi connectivity index (χ3n) is 8.54. The summed E-state index contributed by atoms with van der Waals surface area (Å²) in [5.41, 5.74) is 4.99. The second-order valence-electron chi connectivity index (χ2n) is 11.8. The van der Waals surface area contributed by atoms with Crippen molar-refractivity contribution in [3.8, 4) is 11.5 Å². The standard InChI is InChI=1S/C36H51O7P/c1-9-23(5)31-17-27(18-32(35(31)39)24(6)10-2)13-15-29(37)21-42-44(41)43-22-30(38)16-14-28-19-33(25(7)11-3)36(40)34(20-28)26(8)12-4/h13-20,23-26,39-40,44H,9-12,21-22H2,1-8H3. The van der Waals surface area contributed by atoms with Gasteiger partial charge in [0.15, 0.2) is 11.6 Å². The SMILES string of the molecule is CCC(C)c1cc(C=CC(=O)CO[PH](=O)OCC(=O)C=Cc2cc(C(C)CC)c(O)c(C(C)CC)c2)cc(C(C)CC)c1O. The first-order chi connectivity index (χ1) is 20.9. The Balaban J connectivity index is 1.99. The number of hydrogen-bond donors (Lipinski definition) is 2. The minimum Gasteiger partial charge on any atom is -0.507 e. The van der Waals surface area contributed by atoms with Crippen molar-refractivity contribution < 1.29 is 33.4 Å². The van der Waals surface area contributed by atoms with Crippen LogP contribution in [0.2, 0.25) is 0 Å². The van der Waals surface area contributed by atoms with Gasteiger partial charge in [-0.15, -0.1) is 0 Å². The van der Waals surface area contributed by atoms with Crippen LogP contribution in [0.3, 0.4) is 0 Å². The first-order valence-corrected chi connectivity index (χ1v) is 17.0. The number of carbonyl (C=O) groups excluding carboxylic acids is 2. The van der Waals surface area contributed by atoms with E-state index in [9.17, 15) is 24.4 Å². The Hall–Kier alpha value is -2.99. The summed E-state index contributed by atoms with van der Waals surface area (Å²) >= 11 is 0. The van der Waals surface area contributed by atoms with Crippen molar-refractivity contribution in [2.45, 2.75) is 105 Å². The zero-order valence-electron chi connectivity index (χ0n) is 27.6. The van der Waals surface area contributed by atoms with Gasteiger partial charge in [0.05, 0.1) is 0 Å². The molecule has 0 aromatic heterocycles. The molecule has 0 fully saturated rings. The highest BCUT2D eigenvalue weighted by Gasteiger charge is 2.19. The van der Waals surface area contributed by atoms with Gasteiger partial charge in [-0.2, -0.15) is 0 Å². The lowest BCUT2D eigenvalue weighted by Crippen LogP contribution is -2.05. The third-order valence-corrected chi connectivity index (χ3v) is 9.30. The lowest BCUT2D eigenvalue weighted by molar-refractivity contribution is -0.116. The predicted octanol–water partition coefficient (Wildman–Crippen LogP) is 9.44. The number of hydrogen-bond acceptors (Lipinski definition) is 7. The van der Waals surface area contributed by atoms with Gasteiger partial charge in [-0.3, -0.25) is 14.2 Å². The van der Waals surface area contributed by atoms with Crippen molar-refractivity contribution in [1.29, 1.82) is 0 Å². The van der Waals surface area contributed by atoms with Gasteiger partial charge >= 0.3 is 8.25 Å². The van der Waals surface area contributed by atoms with Gasteiger partial charge in [0.1, 0.15) is 24.7 Å². The molecule has 7 nitrogen and oxygen atoms in total. The van der Waals surface area contributed by atoms with E-state index in [0.717, 1.165) is 59.1 Å². The monoisotopic (exact) mass is 626 g/mol. The molecule has 8 heteroatoms. The molecule has 2 aromatic rings. The molecule has 0 bridgehead atoms. The van der Waals surface area contributed by atoms with E-state index in [4.69, 9.17) is 9.05 Å².